The molecule has 1 unspecified atom stereocenters. The van der Waals surface area contributed by atoms with Crippen molar-refractivity contribution < 1.29 is 0 Å². The van der Waals surface area contributed by atoms with Crippen molar-refractivity contribution >= 4 is 27.2 Å². The van der Waals surface area contributed by atoms with Gasteiger partial charge in [-0.05, 0) is 30.9 Å². The summed E-state index contributed by atoms with van der Waals surface area (Å²) in [5.41, 5.74) is 0. The lowest BCUT2D eigenvalue weighted by Gasteiger charge is -2.14. The van der Waals surface area contributed by atoms with Crippen LogP contribution in [-0.4, -0.2) is 11.0 Å². The van der Waals surface area contributed by atoms with Crippen molar-refractivity contribution in [3.8, 4) is 0 Å². The van der Waals surface area contributed by atoms with Gasteiger partial charge in [-0.2, -0.15) is 0 Å². The lowest BCUT2D eigenvalue weighted by atomic mass is 10.1. The van der Waals surface area contributed by atoms with E-state index in [4.69, 9.17) is 0 Å². The number of unbranched alkanes of at least 4 members (excludes halogenated alkanes) is 2. The number of hydrogen-bond donors (Lipinski definition) is 1. The average Bonchev–Trinajstić information content (AvgIpc) is 2.78. The number of pyridine rings is 1. The van der Waals surface area contributed by atoms with Crippen molar-refractivity contribution in [1.29, 1.82) is 0 Å². The fourth-order valence-electron chi connectivity index (χ4n) is 2.02. The highest BCUT2D eigenvalue weighted by Gasteiger charge is 2.06. The van der Waals surface area contributed by atoms with E-state index >= 15 is 0 Å². The highest BCUT2D eigenvalue weighted by Crippen LogP contribution is 2.26. The zero-order valence-electron chi connectivity index (χ0n) is 10.6. The molecular weight excluding hydrogens is 228 g/mol. The molecule has 2 nitrogen and oxygen atoms in total. The first-order chi connectivity index (χ1) is 8.31. The minimum absolute atomic E-state index is 0.500. The quantitative estimate of drug-likeness (QED) is 0.751. The van der Waals surface area contributed by atoms with Crippen molar-refractivity contribution in [2.45, 2.75) is 45.6 Å². The number of anilines is 1. The van der Waals surface area contributed by atoms with Crippen LogP contribution in [0.4, 0.5) is 5.82 Å². The third-order valence-electron chi connectivity index (χ3n) is 3.00. The molecule has 17 heavy (non-hydrogen) atoms. The van der Waals surface area contributed by atoms with Gasteiger partial charge in [0.2, 0.25) is 0 Å². The van der Waals surface area contributed by atoms with Gasteiger partial charge in [-0.1, -0.05) is 26.2 Å². The normalized spacial score (nSPS) is 12.8. The Morgan fingerprint density at radius 1 is 1.35 bits per heavy atom. The van der Waals surface area contributed by atoms with Gasteiger partial charge in [-0.25, -0.2) is 4.98 Å². The molecule has 2 aromatic heterocycles. The third kappa shape index (κ3) is 3.19. The van der Waals surface area contributed by atoms with Gasteiger partial charge in [0.1, 0.15) is 5.82 Å². The summed E-state index contributed by atoms with van der Waals surface area (Å²) in [6.07, 6.45) is 7.01. The predicted octanol–water partition coefficient (Wildman–Crippen LogP) is 4.68. The first kappa shape index (κ1) is 12.4. The maximum Gasteiger partial charge on any atom is 0.134 e. The lowest BCUT2D eigenvalue weighted by Crippen LogP contribution is -2.15. The SMILES string of the molecule is CCCCCC(C)Nc1nccc2sccc12. The second-order valence-corrected chi connectivity index (χ2v) is 5.48. The second-order valence-electron chi connectivity index (χ2n) is 4.53. The molecule has 0 spiro atoms. The summed E-state index contributed by atoms with van der Waals surface area (Å²) in [5, 5.41) is 6.90. The Labute approximate surface area is 107 Å². The van der Waals surface area contributed by atoms with Gasteiger partial charge in [0.15, 0.2) is 0 Å². The average molecular weight is 248 g/mol. The minimum Gasteiger partial charge on any atom is -0.367 e. The molecule has 1 atom stereocenters. The van der Waals surface area contributed by atoms with Crippen molar-refractivity contribution in [2.24, 2.45) is 0 Å². The maximum absolute atomic E-state index is 4.44. The first-order valence-electron chi connectivity index (χ1n) is 6.40. The molecule has 0 bridgehead atoms. The zero-order chi connectivity index (χ0) is 12.1. The summed E-state index contributed by atoms with van der Waals surface area (Å²) < 4.78 is 1.31. The standard InChI is InChI=1S/C14H20N2S/c1-3-4-5-6-11(2)16-14-12-8-10-17-13(12)7-9-15-14/h7-11H,3-6H2,1-2H3,(H,15,16). The number of fused-ring (bicyclic) bond motifs is 1. The van der Waals surface area contributed by atoms with Crippen LogP contribution in [-0.2, 0) is 0 Å². The molecule has 2 heterocycles. The van der Waals surface area contributed by atoms with E-state index in [1.54, 1.807) is 11.3 Å². The van der Waals surface area contributed by atoms with E-state index in [1.165, 1.54) is 35.8 Å². The highest BCUT2D eigenvalue weighted by atomic mass is 32.1. The molecule has 0 aliphatic carbocycles. The summed E-state index contributed by atoms with van der Waals surface area (Å²) in [7, 11) is 0. The number of rotatable bonds is 6. The number of nitrogens with zero attached hydrogens (tertiary/aromatic N) is 1. The Bertz CT molecular complexity index is 464. The van der Waals surface area contributed by atoms with E-state index in [0.717, 1.165) is 5.82 Å². The Kier molecular flexibility index (Phi) is 4.37. The van der Waals surface area contributed by atoms with E-state index in [1.807, 2.05) is 6.20 Å². The van der Waals surface area contributed by atoms with E-state index < -0.39 is 0 Å². The van der Waals surface area contributed by atoms with E-state index in [9.17, 15) is 0 Å². The van der Waals surface area contributed by atoms with Gasteiger partial charge in [0, 0.05) is 22.3 Å². The van der Waals surface area contributed by atoms with Gasteiger partial charge in [-0.15, -0.1) is 11.3 Å². The molecule has 0 fully saturated rings. The van der Waals surface area contributed by atoms with Crippen molar-refractivity contribution in [1.82, 2.24) is 4.98 Å². The zero-order valence-corrected chi connectivity index (χ0v) is 11.4. The molecule has 92 valence electrons. The van der Waals surface area contributed by atoms with Crippen LogP contribution in [0.3, 0.4) is 0 Å². The monoisotopic (exact) mass is 248 g/mol. The summed E-state index contributed by atoms with van der Waals surface area (Å²) in [4.78, 5) is 4.44. The molecule has 0 saturated heterocycles. The molecule has 1 N–H and O–H groups in total. The van der Waals surface area contributed by atoms with Crippen LogP contribution in [0, 0.1) is 0 Å². The molecular formula is C14H20N2S. The first-order valence-corrected chi connectivity index (χ1v) is 7.28. The number of hydrogen-bond acceptors (Lipinski definition) is 3. The summed E-state index contributed by atoms with van der Waals surface area (Å²) in [5.74, 6) is 1.03. The Morgan fingerprint density at radius 2 is 2.24 bits per heavy atom. The van der Waals surface area contributed by atoms with Gasteiger partial charge < -0.3 is 5.32 Å². The molecule has 0 aliphatic heterocycles. The predicted molar refractivity (Wildman–Crippen MR) is 76.8 cm³/mol. The molecule has 0 aliphatic rings. The largest absolute Gasteiger partial charge is 0.367 e. The Morgan fingerprint density at radius 3 is 3.06 bits per heavy atom. The number of aromatic nitrogens is 1. The second kappa shape index (κ2) is 6.01. The summed E-state index contributed by atoms with van der Waals surface area (Å²) in [6.45, 7) is 4.48. The molecule has 0 saturated carbocycles. The van der Waals surface area contributed by atoms with Gasteiger partial charge in [0.05, 0.1) is 0 Å². The number of thiophene rings is 1. The van der Waals surface area contributed by atoms with Crippen LogP contribution in [0.1, 0.15) is 39.5 Å². The smallest absolute Gasteiger partial charge is 0.134 e. The van der Waals surface area contributed by atoms with Gasteiger partial charge in [-0.3, -0.25) is 0 Å². The molecule has 2 aromatic rings. The lowest BCUT2D eigenvalue weighted by molar-refractivity contribution is 0.614. The van der Waals surface area contributed by atoms with Crippen LogP contribution in [0.5, 0.6) is 0 Å². The topological polar surface area (TPSA) is 24.9 Å². The van der Waals surface area contributed by atoms with Crippen molar-refractivity contribution in [3.63, 3.8) is 0 Å². The maximum atomic E-state index is 4.44. The van der Waals surface area contributed by atoms with Crippen molar-refractivity contribution in [2.75, 3.05) is 5.32 Å². The Balaban J connectivity index is 2.00. The van der Waals surface area contributed by atoms with Crippen molar-refractivity contribution in [3.05, 3.63) is 23.7 Å². The molecule has 0 radical (unpaired) electrons. The van der Waals surface area contributed by atoms with Crippen LogP contribution in [0.2, 0.25) is 0 Å². The number of nitrogens with one attached hydrogen (secondary N) is 1. The van der Waals surface area contributed by atoms with E-state index in [0.29, 0.717) is 6.04 Å². The van der Waals surface area contributed by atoms with Crippen LogP contribution >= 0.6 is 11.3 Å². The van der Waals surface area contributed by atoms with Crippen LogP contribution in [0.15, 0.2) is 23.7 Å². The molecule has 0 aromatic carbocycles. The Hall–Kier alpha value is -1.09. The third-order valence-corrected chi connectivity index (χ3v) is 3.89. The van der Waals surface area contributed by atoms with E-state index in [2.05, 4.69) is 41.7 Å². The van der Waals surface area contributed by atoms with Crippen LogP contribution in [0.25, 0.3) is 10.1 Å². The van der Waals surface area contributed by atoms with Crippen LogP contribution < -0.4 is 5.32 Å². The summed E-state index contributed by atoms with van der Waals surface area (Å²) in [6, 6.07) is 4.72. The fourth-order valence-corrected chi connectivity index (χ4v) is 2.80. The highest BCUT2D eigenvalue weighted by molar-refractivity contribution is 7.17. The minimum atomic E-state index is 0.500. The fraction of sp³-hybridized carbons (Fsp3) is 0.500. The molecule has 3 heteroatoms. The van der Waals surface area contributed by atoms with Gasteiger partial charge in [0.25, 0.3) is 0 Å². The summed E-state index contributed by atoms with van der Waals surface area (Å²) >= 11 is 1.77. The molecule has 0 amide bonds. The van der Waals surface area contributed by atoms with E-state index in [-0.39, 0.29) is 0 Å². The van der Waals surface area contributed by atoms with Gasteiger partial charge >= 0.3 is 0 Å². The molecule has 2 rings (SSSR count).